The molecule has 4 aromatic rings. The topological polar surface area (TPSA) is 71.3 Å². The summed E-state index contributed by atoms with van der Waals surface area (Å²) in [5.41, 5.74) is 3.22. The number of fused-ring (bicyclic) bond motifs is 1. The summed E-state index contributed by atoms with van der Waals surface area (Å²) in [7, 11) is 0. The number of halogens is 1. The quantitative estimate of drug-likeness (QED) is 0.473. The Balaban J connectivity index is 1.22. The third-order valence-corrected chi connectivity index (χ3v) is 6.45. The number of aromatic nitrogens is 2. The van der Waals surface area contributed by atoms with Crippen LogP contribution in [0.25, 0.3) is 22.4 Å². The van der Waals surface area contributed by atoms with Crippen molar-refractivity contribution in [1.82, 2.24) is 9.97 Å². The molecule has 0 radical (unpaired) electrons. The number of hydrogen-bond donors (Lipinski definition) is 1. The Morgan fingerprint density at radius 1 is 1.13 bits per heavy atom. The number of hydrogen-bond acceptors (Lipinski definition) is 6. The summed E-state index contributed by atoms with van der Waals surface area (Å²) in [5, 5.41) is 3.54. The van der Waals surface area contributed by atoms with Crippen LogP contribution in [0.5, 0.6) is 0 Å². The lowest BCUT2D eigenvalue weighted by Crippen LogP contribution is -2.38. The molecule has 5 rings (SSSR count). The van der Waals surface area contributed by atoms with Crippen LogP contribution in [0.3, 0.4) is 0 Å². The number of anilines is 2. The largest absolute Gasteiger partial charge is 0.423 e. The molecule has 0 unspecified atom stereocenters. The van der Waals surface area contributed by atoms with E-state index in [0.29, 0.717) is 24.2 Å². The summed E-state index contributed by atoms with van der Waals surface area (Å²) in [6.07, 6.45) is 1.44. The van der Waals surface area contributed by atoms with Crippen molar-refractivity contribution in [2.45, 2.75) is 19.8 Å². The van der Waals surface area contributed by atoms with E-state index >= 15 is 0 Å². The van der Waals surface area contributed by atoms with Crippen LogP contribution in [0.15, 0.2) is 52.9 Å². The third kappa shape index (κ3) is 4.03. The fourth-order valence-corrected chi connectivity index (χ4v) is 4.70. The summed E-state index contributed by atoms with van der Waals surface area (Å²) in [6.45, 7) is 3.37. The number of amides is 1. The van der Waals surface area contributed by atoms with Gasteiger partial charge in [-0.2, -0.15) is 4.98 Å². The molecule has 31 heavy (non-hydrogen) atoms. The van der Waals surface area contributed by atoms with Crippen LogP contribution in [-0.2, 0) is 4.79 Å². The van der Waals surface area contributed by atoms with Gasteiger partial charge in [0.1, 0.15) is 11.3 Å². The standard InChI is InChI=1S/C23H21FN4O2S/c1-14-20(15-6-8-17(24)9-7-15)26-22(31-14)27-21(29)16-10-12-28(13-11-16)23-25-18-4-2-3-5-19(18)30-23/h2-9,16H,10-13H2,1H3,(H,26,27,29). The zero-order chi connectivity index (χ0) is 21.4. The van der Waals surface area contributed by atoms with E-state index in [4.69, 9.17) is 4.42 Å². The third-order valence-electron chi connectivity index (χ3n) is 5.56. The van der Waals surface area contributed by atoms with Gasteiger partial charge in [0.25, 0.3) is 6.01 Å². The van der Waals surface area contributed by atoms with Crippen molar-refractivity contribution in [3.63, 3.8) is 0 Å². The van der Waals surface area contributed by atoms with E-state index < -0.39 is 0 Å². The first-order valence-corrected chi connectivity index (χ1v) is 11.0. The molecule has 2 aromatic heterocycles. The van der Waals surface area contributed by atoms with E-state index in [0.717, 1.165) is 40.1 Å². The van der Waals surface area contributed by atoms with Crippen molar-refractivity contribution in [1.29, 1.82) is 0 Å². The van der Waals surface area contributed by atoms with Gasteiger partial charge >= 0.3 is 0 Å². The summed E-state index contributed by atoms with van der Waals surface area (Å²) >= 11 is 1.43. The maximum Gasteiger partial charge on any atom is 0.298 e. The molecule has 0 saturated carbocycles. The second-order valence-electron chi connectivity index (χ2n) is 7.65. The van der Waals surface area contributed by atoms with Gasteiger partial charge in [-0.15, -0.1) is 11.3 Å². The van der Waals surface area contributed by atoms with E-state index in [1.807, 2.05) is 31.2 Å². The van der Waals surface area contributed by atoms with Gasteiger partial charge in [0, 0.05) is 29.4 Å². The van der Waals surface area contributed by atoms with Gasteiger partial charge in [0.2, 0.25) is 5.91 Å². The molecule has 0 aliphatic carbocycles. The lowest BCUT2D eigenvalue weighted by Gasteiger charge is -2.29. The second kappa shape index (κ2) is 8.11. The van der Waals surface area contributed by atoms with Crippen molar-refractivity contribution in [3.05, 3.63) is 59.2 Å². The van der Waals surface area contributed by atoms with Crippen LogP contribution in [0.2, 0.25) is 0 Å². The van der Waals surface area contributed by atoms with Crippen molar-refractivity contribution in [2.75, 3.05) is 23.3 Å². The lowest BCUT2D eigenvalue weighted by atomic mass is 9.96. The lowest BCUT2D eigenvalue weighted by molar-refractivity contribution is -0.120. The van der Waals surface area contributed by atoms with Crippen LogP contribution >= 0.6 is 11.3 Å². The minimum Gasteiger partial charge on any atom is -0.423 e. The van der Waals surface area contributed by atoms with E-state index in [1.165, 1.54) is 23.5 Å². The van der Waals surface area contributed by atoms with Gasteiger partial charge in [0.05, 0.1) is 5.69 Å². The van der Waals surface area contributed by atoms with E-state index in [2.05, 4.69) is 20.2 Å². The highest BCUT2D eigenvalue weighted by molar-refractivity contribution is 7.16. The molecule has 0 atom stereocenters. The molecule has 1 amide bonds. The second-order valence-corrected chi connectivity index (χ2v) is 8.85. The average molecular weight is 437 g/mol. The molecule has 6 nitrogen and oxygen atoms in total. The predicted octanol–water partition coefficient (Wildman–Crippen LogP) is 5.25. The molecular weight excluding hydrogens is 415 g/mol. The molecule has 2 aromatic carbocycles. The maximum absolute atomic E-state index is 13.2. The highest BCUT2D eigenvalue weighted by atomic mass is 32.1. The number of carbonyl (C=O) groups is 1. The Morgan fingerprint density at radius 2 is 1.87 bits per heavy atom. The zero-order valence-electron chi connectivity index (χ0n) is 17.0. The normalized spacial score (nSPS) is 14.8. The van der Waals surface area contributed by atoms with Crippen LogP contribution in [0, 0.1) is 18.7 Å². The Morgan fingerprint density at radius 3 is 2.61 bits per heavy atom. The summed E-state index contributed by atoms with van der Waals surface area (Å²) in [6, 6.07) is 14.5. The monoisotopic (exact) mass is 436 g/mol. The summed E-state index contributed by atoms with van der Waals surface area (Å²) in [4.78, 5) is 25.0. The van der Waals surface area contributed by atoms with E-state index in [-0.39, 0.29) is 17.6 Å². The number of thiazole rings is 1. The number of oxazole rings is 1. The highest BCUT2D eigenvalue weighted by Crippen LogP contribution is 2.32. The number of rotatable bonds is 4. The van der Waals surface area contributed by atoms with Crippen LogP contribution in [0.4, 0.5) is 15.5 Å². The fourth-order valence-electron chi connectivity index (χ4n) is 3.86. The smallest absolute Gasteiger partial charge is 0.298 e. The Hall–Kier alpha value is -3.26. The van der Waals surface area contributed by atoms with Crippen molar-refractivity contribution < 1.29 is 13.6 Å². The summed E-state index contributed by atoms with van der Waals surface area (Å²) in [5.74, 6) is -0.384. The predicted molar refractivity (Wildman–Crippen MR) is 120 cm³/mol. The van der Waals surface area contributed by atoms with Gasteiger partial charge in [0.15, 0.2) is 10.7 Å². The molecule has 1 aliphatic heterocycles. The molecule has 0 bridgehead atoms. The molecule has 8 heteroatoms. The maximum atomic E-state index is 13.2. The first kappa shape index (κ1) is 19.7. The van der Waals surface area contributed by atoms with Gasteiger partial charge < -0.3 is 14.6 Å². The van der Waals surface area contributed by atoms with Crippen LogP contribution in [-0.4, -0.2) is 29.0 Å². The Bertz CT molecular complexity index is 1190. The molecular formula is C23H21FN4O2S. The molecule has 1 aliphatic rings. The number of nitrogens with zero attached hydrogens (tertiary/aromatic N) is 3. The molecule has 3 heterocycles. The average Bonchev–Trinajstić information content (AvgIpc) is 3.38. The minimum absolute atomic E-state index is 0.0170. The van der Waals surface area contributed by atoms with Crippen molar-refractivity contribution in [3.8, 4) is 11.3 Å². The van der Waals surface area contributed by atoms with Gasteiger partial charge in [-0.3, -0.25) is 4.79 Å². The van der Waals surface area contributed by atoms with Gasteiger partial charge in [-0.05, 0) is 56.2 Å². The number of para-hydroxylation sites is 2. The van der Waals surface area contributed by atoms with Gasteiger partial charge in [-0.25, -0.2) is 9.37 Å². The first-order chi connectivity index (χ1) is 15.1. The Kier molecular flexibility index (Phi) is 5.15. The van der Waals surface area contributed by atoms with Crippen LogP contribution < -0.4 is 10.2 Å². The Labute approximate surface area is 182 Å². The molecule has 1 saturated heterocycles. The van der Waals surface area contributed by atoms with E-state index in [9.17, 15) is 9.18 Å². The summed E-state index contributed by atoms with van der Waals surface area (Å²) < 4.78 is 19.0. The number of aryl methyl sites for hydroxylation is 1. The number of carbonyl (C=O) groups excluding carboxylic acids is 1. The molecule has 0 spiro atoms. The minimum atomic E-state index is -0.283. The SMILES string of the molecule is Cc1sc(NC(=O)C2CCN(c3nc4ccccc4o3)CC2)nc1-c1ccc(F)cc1. The van der Waals surface area contributed by atoms with Gasteiger partial charge in [-0.1, -0.05) is 12.1 Å². The molecule has 158 valence electrons. The van der Waals surface area contributed by atoms with Crippen LogP contribution in [0.1, 0.15) is 17.7 Å². The van der Waals surface area contributed by atoms with E-state index in [1.54, 1.807) is 12.1 Å². The number of nitrogens with one attached hydrogen (secondary N) is 1. The van der Waals surface area contributed by atoms with Crippen molar-refractivity contribution >= 4 is 39.5 Å². The number of piperidine rings is 1. The first-order valence-electron chi connectivity index (χ1n) is 10.2. The highest BCUT2D eigenvalue weighted by Gasteiger charge is 2.28. The molecule has 1 fully saturated rings. The number of benzene rings is 2. The molecule has 1 N–H and O–H groups in total. The van der Waals surface area contributed by atoms with Crippen molar-refractivity contribution in [2.24, 2.45) is 5.92 Å². The fraction of sp³-hybridized carbons (Fsp3) is 0.261. The zero-order valence-corrected chi connectivity index (χ0v) is 17.8.